The fourth-order valence-electron chi connectivity index (χ4n) is 2.09. The molecule has 2 aromatic carbocycles. The van der Waals surface area contributed by atoms with Crippen molar-refractivity contribution < 1.29 is 13.2 Å². The van der Waals surface area contributed by atoms with Crippen molar-refractivity contribution in [2.75, 3.05) is 5.32 Å². The molecule has 0 atom stereocenters. The molecule has 1 fully saturated rings. The molecule has 0 aromatic heterocycles. The lowest BCUT2D eigenvalue weighted by Crippen LogP contribution is -2.26. The van der Waals surface area contributed by atoms with Gasteiger partial charge in [0.2, 0.25) is 10.0 Å². The molecule has 0 unspecified atom stereocenters. The van der Waals surface area contributed by atoms with Crippen LogP contribution >= 0.6 is 23.2 Å². The monoisotopic (exact) mass is 384 g/mol. The normalized spacial score (nSPS) is 14.4. The minimum absolute atomic E-state index is 0.00208. The van der Waals surface area contributed by atoms with E-state index in [1.807, 2.05) is 0 Å². The Hall–Kier alpha value is -1.60. The number of carbonyl (C=O) groups is 1. The van der Waals surface area contributed by atoms with E-state index in [4.69, 9.17) is 23.2 Å². The van der Waals surface area contributed by atoms with Crippen LogP contribution in [-0.4, -0.2) is 20.4 Å². The zero-order chi connectivity index (χ0) is 17.3. The summed E-state index contributed by atoms with van der Waals surface area (Å²) in [6.45, 7) is 0. The van der Waals surface area contributed by atoms with Crippen molar-refractivity contribution in [3.63, 3.8) is 0 Å². The number of carbonyl (C=O) groups excluding carboxylic acids is 1. The van der Waals surface area contributed by atoms with Gasteiger partial charge in [0.15, 0.2) is 0 Å². The summed E-state index contributed by atoms with van der Waals surface area (Å²) in [5.74, 6) is -0.470. The maximum atomic E-state index is 12.4. The summed E-state index contributed by atoms with van der Waals surface area (Å²) < 4.78 is 27.0. The highest BCUT2D eigenvalue weighted by atomic mass is 35.5. The Bertz CT molecular complexity index is 896. The lowest BCUT2D eigenvalue weighted by molar-refractivity contribution is 0.102. The van der Waals surface area contributed by atoms with Crippen LogP contribution in [0.15, 0.2) is 47.4 Å². The van der Waals surface area contributed by atoms with Crippen LogP contribution in [0.2, 0.25) is 10.0 Å². The zero-order valence-corrected chi connectivity index (χ0v) is 14.8. The molecule has 1 amide bonds. The largest absolute Gasteiger partial charge is 0.321 e. The van der Waals surface area contributed by atoms with Crippen LogP contribution in [-0.2, 0) is 10.0 Å². The van der Waals surface area contributed by atoms with Crippen LogP contribution in [0, 0.1) is 0 Å². The van der Waals surface area contributed by atoms with Gasteiger partial charge in [0, 0.05) is 11.6 Å². The number of hydrogen-bond donors (Lipinski definition) is 2. The van der Waals surface area contributed by atoms with Crippen LogP contribution in [0.3, 0.4) is 0 Å². The Labute approximate surface area is 150 Å². The first-order chi connectivity index (χ1) is 11.4. The summed E-state index contributed by atoms with van der Waals surface area (Å²) in [4.78, 5) is 12.4. The maximum absolute atomic E-state index is 12.4. The smallest absolute Gasteiger partial charge is 0.255 e. The Morgan fingerprint density at radius 1 is 1.08 bits per heavy atom. The summed E-state index contributed by atoms with van der Waals surface area (Å²) in [6, 6.07) is 10.7. The molecular formula is C16H14Cl2N2O3S. The van der Waals surface area contributed by atoms with Crippen LogP contribution < -0.4 is 10.0 Å². The van der Waals surface area contributed by atoms with Crippen molar-refractivity contribution in [3.8, 4) is 0 Å². The predicted molar refractivity (Wildman–Crippen MR) is 94.2 cm³/mol. The second-order valence-electron chi connectivity index (χ2n) is 5.48. The second kappa shape index (κ2) is 6.72. The van der Waals surface area contributed by atoms with E-state index in [2.05, 4.69) is 10.0 Å². The molecule has 2 N–H and O–H groups in total. The quantitative estimate of drug-likeness (QED) is 0.825. The van der Waals surface area contributed by atoms with Crippen LogP contribution in [0.4, 0.5) is 5.69 Å². The third-order valence-electron chi connectivity index (χ3n) is 3.51. The average Bonchev–Trinajstić information content (AvgIpc) is 3.35. The van der Waals surface area contributed by atoms with Crippen molar-refractivity contribution in [2.45, 2.75) is 23.8 Å². The second-order valence-corrected chi connectivity index (χ2v) is 7.98. The van der Waals surface area contributed by atoms with Gasteiger partial charge < -0.3 is 5.32 Å². The molecule has 2 aromatic rings. The number of nitrogens with one attached hydrogen (secondary N) is 2. The van der Waals surface area contributed by atoms with Gasteiger partial charge in [-0.15, -0.1) is 0 Å². The molecule has 0 aliphatic heterocycles. The topological polar surface area (TPSA) is 75.3 Å². The number of anilines is 1. The number of benzene rings is 2. The van der Waals surface area contributed by atoms with E-state index >= 15 is 0 Å². The van der Waals surface area contributed by atoms with Gasteiger partial charge in [-0.3, -0.25) is 4.79 Å². The summed E-state index contributed by atoms with van der Waals surface area (Å²) >= 11 is 12.0. The highest BCUT2D eigenvalue weighted by molar-refractivity contribution is 7.89. The molecule has 0 spiro atoms. The Morgan fingerprint density at radius 2 is 1.79 bits per heavy atom. The molecule has 1 aliphatic rings. The highest BCUT2D eigenvalue weighted by Gasteiger charge is 2.28. The van der Waals surface area contributed by atoms with E-state index in [0.717, 1.165) is 12.8 Å². The number of sulfonamides is 1. The van der Waals surface area contributed by atoms with Crippen molar-refractivity contribution in [1.29, 1.82) is 0 Å². The SMILES string of the molecule is O=C(Nc1cccc(Cl)c1Cl)c1cccc(S(=O)(=O)NC2CC2)c1. The van der Waals surface area contributed by atoms with Gasteiger partial charge in [-0.2, -0.15) is 0 Å². The highest BCUT2D eigenvalue weighted by Crippen LogP contribution is 2.30. The van der Waals surface area contributed by atoms with Gasteiger partial charge in [-0.05, 0) is 43.2 Å². The summed E-state index contributed by atoms with van der Waals surface area (Å²) in [6.07, 6.45) is 1.68. The molecule has 0 radical (unpaired) electrons. The third-order valence-corrected chi connectivity index (χ3v) is 5.84. The standard InChI is InChI=1S/C16H14Cl2N2O3S/c17-13-5-2-6-14(15(13)18)19-16(21)10-3-1-4-12(9-10)24(22,23)20-11-7-8-11/h1-6,9,11,20H,7-8H2,(H,19,21). The van der Waals surface area contributed by atoms with Gasteiger partial charge >= 0.3 is 0 Å². The fraction of sp³-hybridized carbons (Fsp3) is 0.188. The van der Waals surface area contributed by atoms with Crippen molar-refractivity contribution >= 4 is 44.8 Å². The van der Waals surface area contributed by atoms with Crippen LogP contribution in [0.5, 0.6) is 0 Å². The van der Waals surface area contributed by atoms with Gasteiger partial charge in [0.1, 0.15) is 0 Å². The fourth-order valence-corrected chi connectivity index (χ4v) is 3.79. The predicted octanol–water partition coefficient (Wildman–Crippen LogP) is 3.69. The number of hydrogen-bond acceptors (Lipinski definition) is 3. The number of amides is 1. The molecule has 0 saturated heterocycles. The van der Waals surface area contributed by atoms with Crippen molar-refractivity contribution in [2.24, 2.45) is 0 Å². The summed E-state index contributed by atoms with van der Waals surface area (Å²) in [5, 5.41) is 3.18. The Kier molecular flexibility index (Phi) is 4.83. The van der Waals surface area contributed by atoms with Crippen molar-refractivity contribution in [3.05, 3.63) is 58.1 Å². The molecule has 126 valence electrons. The first kappa shape index (κ1) is 17.2. The zero-order valence-electron chi connectivity index (χ0n) is 12.4. The molecule has 0 heterocycles. The molecule has 0 bridgehead atoms. The van der Waals surface area contributed by atoms with E-state index in [-0.39, 0.29) is 21.5 Å². The van der Waals surface area contributed by atoms with E-state index in [1.54, 1.807) is 18.2 Å². The van der Waals surface area contributed by atoms with Gasteiger partial charge in [-0.1, -0.05) is 35.3 Å². The first-order valence-corrected chi connectivity index (χ1v) is 9.48. The molecule has 1 aliphatic carbocycles. The van der Waals surface area contributed by atoms with E-state index in [9.17, 15) is 13.2 Å². The third kappa shape index (κ3) is 3.89. The number of rotatable bonds is 5. The average molecular weight is 385 g/mol. The van der Waals surface area contributed by atoms with Gasteiger partial charge in [0.25, 0.3) is 5.91 Å². The summed E-state index contributed by atoms with van der Waals surface area (Å²) in [5.41, 5.74) is 0.572. The van der Waals surface area contributed by atoms with Crippen LogP contribution in [0.25, 0.3) is 0 Å². The van der Waals surface area contributed by atoms with Gasteiger partial charge in [0.05, 0.1) is 20.6 Å². The van der Waals surface area contributed by atoms with Gasteiger partial charge in [-0.25, -0.2) is 13.1 Å². The molecule has 8 heteroatoms. The van der Waals surface area contributed by atoms with E-state index in [1.165, 1.54) is 24.3 Å². The van der Waals surface area contributed by atoms with E-state index < -0.39 is 15.9 Å². The lowest BCUT2D eigenvalue weighted by Gasteiger charge is -2.10. The molecule has 1 saturated carbocycles. The molecule has 24 heavy (non-hydrogen) atoms. The Balaban J connectivity index is 1.83. The minimum atomic E-state index is -3.62. The minimum Gasteiger partial charge on any atom is -0.321 e. The summed E-state index contributed by atoms with van der Waals surface area (Å²) in [7, 11) is -3.62. The first-order valence-electron chi connectivity index (χ1n) is 7.24. The molecular weight excluding hydrogens is 371 g/mol. The molecule has 5 nitrogen and oxygen atoms in total. The lowest BCUT2D eigenvalue weighted by atomic mass is 10.2. The molecule has 3 rings (SSSR count). The number of halogens is 2. The van der Waals surface area contributed by atoms with E-state index in [0.29, 0.717) is 10.7 Å². The maximum Gasteiger partial charge on any atom is 0.255 e. The Morgan fingerprint density at radius 3 is 2.50 bits per heavy atom. The van der Waals surface area contributed by atoms with Crippen LogP contribution in [0.1, 0.15) is 23.2 Å². The van der Waals surface area contributed by atoms with Crippen molar-refractivity contribution in [1.82, 2.24) is 4.72 Å².